The molecule has 0 aromatic carbocycles. The second-order valence-electron chi connectivity index (χ2n) is 6.23. The molecule has 13 nitrogen and oxygen atoms in total. The van der Waals surface area contributed by atoms with E-state index in [1.54, 1.807) is 0 Å². The van der Waals surface area contributed by atoms with Crippen molar-refractivity contribution in [2.24, 2.45) is 0 Å². The molecule has 0 spiro atoms. The van der Waals surface area contributed by atoms with Gasteiger partial charge in [0, 0.05) is 0 Å². The van der Waals surface area contributed by atoms with Gasteiger partial charge in [0.05, 0.1) is 0 Å². The molecular weight excluding hydrogens is 1040 g/mol. The monoisotopic (exact) mass is 1050 g/mol. The molecule has 0 rings (SSSR count). The topological polar surface area (TPSA) is 206 Å². The minimum absolute atomic E-state index is 0. The van der Waals surface area contributed by atoms with Crippen LogP contribution in [0.3, 0.4) is 0 Å². The van der Waals surface area contributed by atoms with Gasteiger partial charge in [-0.2, -0.15) is 90.2 Å². The molecule has 0 saturated heterocycles. The Hall–Kier alpha value is -1.29. The fourth-order valence-electron chi connectivity index (χ4n) is 0.782. The van der Waals surface area contributed by atoms with E-state index in [4.69, 9.17) is 33.7 Å². The molecule has 44 heteroatoms. The van der Waals surface area contributed by atoms with E-state index in [0.29, 0.717) is 0 Å². The number of halogens is 25. The predicted molar refractivity (Wildman–Crippen MR) is 127 cm³/mol. The van der Waals surface area contributed by atoms with Crippen molar-refractivity contribution in [2.45, 2.75) is 25.5 Å². The molecule has 0 N–H and O–H groups in total. The van der Waals surface area contributed by atoms with Crippen LogP contribution in [-0.4, -0.2) is 92.6 Å². The van der Waals surface area contributed by atoms with Crippen LogP contribution >= 0.6 is 0 Å². The van der Waals surface area contributed by atoms with Crippen LogP contribution in [0, 0.1) is 0 Å². The molecule has 57 heavy (non-hydrogen) atoms. The van der Waals surface area contributed by atoms with Crippen molar-refractivity contribution in [1.29, 1.82) is 0 Å². The van der Waals surface area contributed by atoms with Gasteiger partial charge < -0.3 is 4.70 Å². The summed E-state index contributed by atoms with van der Waals surface area (Å²) in [5.41, 5.74) is 0. The van der Waals surface area contributed by atoms with Crippen molar-refractivity contribution in [3.8, 4) is 0 Å². The molecule has 0 aliphatic carbocycles. The molecule has 0 heterocycles. The average molecular weight is 1050 g/mol. The summed E-state index contributed by atoms with van der Waals surface area (Å²) >= 11 is 0. The maximum absolute atomic E-state index is 12.5. The quantitative estimate of drug-likeness (QED) is 0.170. The number of ether oxygens (including phenoxy) is 1. The van der Waals surface area contributed by atoms with Gasteiger partial charge in [-0.25, -0.2) is 22.0 Å². The zero-order valence-electron chi connectivity index (χ0n) is 24.6. The molecule has 0 saturated carbocycles. The first-order valence-corrected chi connectivity index (χ1v) is 16.0. The van der Waals surface area contributed by atoms with Crippen molar-refractivity contribution in [3.63, 3.8) is 0 Å². The van der Waals surface area contributed by atoms with E-state index in [1.165, 1.54) is 0 Å². The third-order valence-corrected chi connectivity index (χ3v) is 2.46. The van der Waals surface area contributed by atoms with Gasteiger partial charge in [0.1, 0.15) is 0 Å². The fourth-order valence-corrected chi connectivity index (χ4v) is 1.11. The van der Waals surface area contributed by atoms with Crippen LogP contribution < -0.4 is 56.1 Å². The Morgan fingerprint density at radius 3 is 0.789 bits per heavy atom. The molecule has 0 aliphatic heterocycles. The van der Waals surface area contributed by atoms with E-state index in [9.17, 15) is 114 Å². The van der Waals surface area contributed by atoms with E-state index < -0.39 is 127 Å². The van der Waals surface area contributed by atoms with Gasteiger partial charge in [0.15, 0.2) is 32.5 Å². The molecule has 0 aromatic heterocycles. The van der Waals surface area contributed by atoms with Gasteiger partial charge in [0.2, 0.25) is 0 Å². The molecule has 0 aromatic rings. The Balaban J connectivity index is -0.0000000594. The number of Topliss-reactive ketones (excluding diaryl/α,β-unsaturated/α-hetero) is 1. The summed E-state index contributed by atoms with van der Waals surface area (Å²) in [5, 5.41) is 0. The summed E-state index contributed by atoms with van der Waals surface area (Å²) in [4.78, 5) is 9.43. The molecule has 0 amide bonds. The van der Waals surface area contributed by atoms with Crippen LogP contribution in [0.1, 0.15) is 7.43 Å². The Bertz CT molecular complexity index is 1550. The third-order valence-electron chi connectivity index (χ3n) is 2.06. The summed E-state index contributed by atoms with van der Waals surface area (Å²) in [7, 11) is -28.9. The summed E-state index contributed by atoms with van der Waals surface area (Å²) in [5.74, 6) is -12.0. The standard InChI is InChI=1S/C6H4F8O.C3F6O3S.C3H4F2O.CH4.4F2O2S.FH.K/c7-1-5(12,2-8)15-6(13,14)3(9)4(10)11;4-1(2(5)6)3(7,8)12-13(9,10)11;4-1-3(6)2-5;;4*1-5(2,3)4;;/h1-2H2;;1-2H2;1H4;;;;;1H;/q;;;;;;;;;+1/p-1. The number of hydrogen-bond acceptors (Lipinski definition) is 13. The van der Waals surface area contributed by atoms with Crippen LogP contribution in [0.15, 0.2) is 23.8 Å². The zero-order valence-corrected chi connectivity index (χ0v) is 31.8. The predicted octanol–water partition coefficient (Wildman–Crippen LogP) is 0.985. The summed E-state index contributed by atoms with van der Waals surface area (Å²) < 4.78 is 355. The molecule has 0 radical (unpaired) electrons. The molecular formula is C13H12F25KO13S5. The summed E-state index contributed by atoms with van der Waals surface area (Å²) in [6.07, 6.45) is -17.9. The van der Waals surface area contributed by atoms with Gasteiger partial charge in [0.25, 0.3) is 17.5 Å². The van der Waals surface area contributed by atoms with Crippen molar-refractivity contribution in [1.82, 2.24) is 0 Å². The van der Waals surface area contributed by atoms with Crippen LogP contribution in [0.2, 0.25) is 0 Å². The van der Waals surface area contributed by atoms with E-state index in [0.717, 1.165) is 0 Å². The first kappa shape index (κ1) is 79.8. The molecule has 0 aliphatic rings. The van der Waals surface area contributed by atoms with Crippen LogP contribution in [0.5, 0.6) is 0 Å². The maximum Gasteiger partial charge on any atom is 1.00 e. The molecule has 0 bridgehead atoms. The smallest absolute Gasteiger partial charge is 1.00 e. The Morgan fingerprint density at radius 1 is 0.474 bits per heavy atom. The first-order valence-electron chi connectivity index (χ1n) is 9.60. The molecule has 0 atom stereocenters. The Labute approximate surface area is 345 Å². The van der Waals surface area contributed by atoms with Crippen LogP contribution in [-0.2, 0) is 66.7 Å². The number of carbonyl (C=O) groups excluding carboxylic acids is 1. The summed E-state index contributed by atoms with van der Waals surface area (Å²) in [6, 6.07) is 0. The fraction of sp³-hybridized carbons (Fsp3) is 0.615. The van der Waals surface area contributed by atoms with Crippen molar-refractivity contribution >= 4 is 58.7 Å². The number of hydrogen-bond donors (Lipinski definition) is 0. The minimum atomic E-state index is -6.22. The number of rotatable bonds is 10. The van der Waals surface area contributed by atoms with Crippen molar-refractivity contribution < 1.29 is 213 Å². The van der Waals surface area contributed by atoms with Gasteiger partial charge in [-0.3, -0.25) is 9.53 Å². The van der Waals surface area contributed by atoms with E-state index >= 15 is 0 Å². The second-order valence-corrected chi connectivity index (χ2v) is 10.2. The van der Waals surface area contributed by atoms with Gasteiger partial charge in [-0.15, -0.1) is 0 Å². The Morgan fingerprint density at radius 2 is 0.667 bits per heavy atom. The first-order chi connectivity index (χ1) is 23.1. The Kier molecular flexibility index (Phi) is 48.2. The van der Waals surface area contributed by atoms with E-state index in [-0.39, 0.29) is 63.5 Å². The van der Waals surface area contributed by atoms with Crippen LogP contribution in [0.4, 0.5) is 101 Å². The van der Waals surface area contributed by atoms with Crippen molar-refractivity contribution in [2.75, 3.05) is 26.7 Å². The third kappa shape index (κ3) is 91.7. The number of carbonyl (C=O) groups is 1. The average Bonchev–Trinajstić information content (AvgIpc) is 2.86. The number of alkyl halides is 9. The molecule has 0 unspecified atom stereocenters. The normalized spacial score (nSPS) is 11.2. The van der Waals surface area contributed by atoms with Gasteiger partial charge in [-0.05, 0) is 0 Å². The maximum atomic E-state index is 12.5. The summed E-state index contributed by atoms with van der Waals surface area (Å²) in [6.45, 7) is -7.12. The molecule has 348 valence electrons. The SMILES string of the molecule is C.FCC(F)(CF)OC(F)(F)C(F)=C(F)F.O=C(CF)CF.O=S(=O)(F)F.O=S(=O)(F)F.O=S(=O)(F)F.O=S(=O)(F)F.O=S(=O)(F)OC(F)(F)C(F)=C(F)F.[F-].[K+]. The van der Waals surface area contributed by atoms with Gasteiger partial charge >= 0.3 is 129 Å². The largest absolute Gasteiger partial charge is 1.00 e. The van der Waals surface area contributed by atoms with Gasteiger partial charge in [-0.1, -0.05) is 42.4 Å². The van der Waals surface area contributed by atoms with Crippen molar-refractivity contribution in [3.05, 3.63) is 23.8 Å². The van der Waals surface area contributed by atoms with E-state index in [2.05, 4.69) is 8.92 Å². The van der Waals surface area contributed by atoms with Crippen LogP contribution in [0.25, 0.3) is 0 Å². The molecule has 0 fully saturated rings. The van der Waals surface area contributed by atoms with E-state index in [1.807, 2.05) is 0 Å². The second kappa shape index (κ2) is 34.4. The minimum Gasteiger partial charge on any atom is -1.00 e. The number of ketones is 1. The zero-order chi connectivity index (χ0) is 46.1.